The number of methoxy groups -OCH3 is 1. The van der Waals surface area contributed by atoms with Crippen LogP contribution in [0.25, 0.3) is 0 Å². The van der Waals surface area contributed by atoms with Crippen molar-refractivity contribution in [1.82, 2.24) is 4.90 Å². The Kier molecular flexibility index (Phi) is 10.8. The van der Waals surface area contributed by atoms with Crippen LogP contribution in [0.5, 0.6) is 5.75 Å². The Morgan fingerprint density at radius 1 is 1.33 bits per heavy atom. The first kappa shape index (κ1) is 26.8. The minimum absolute atomic E-state index is 0.222. The van der Waals surface area contributed by atoms with Crippen LogP contribution in [0.2, 0.25) is 0 Å². The largest absolute Gasteiger partial charge is 0.497 e. The standard InChI is InChI=1S/C25H37N3O5/c1-4-18(8-10-28-15-23(30)25(32)24(31)22(28)16-29)6-5-17(2)7-9-27-20-11-19(14-26)12-21(13-20)33-3/h5-6,11-13,18,22-25,27,29-32H,2,4,7-10,15-16H2,1,3H3/b6-5-/t18?,22-,23+,24-,25-/m1/s1. The van der Waals surface area contributed by atoms with Crippen molar-refractivity contribution in [3.63, 3.8) is 0 Å². The van der Waals surface area contributed by atoms with E-state index < -0.39 is 24.4 Å². The van der Waals surface area contributed by atoms with Crippen molar-refractivity contribution in [2.75, 3.05) is 38.7 Å². The lowest BCUT2D eigenvalue weighted by molar-refractivity contribution is -0.145. The van der Waals surface area contributed by atoms with Crippen LogP contribution in [-0.4, -0.2) is 83.0 Å². The van der Waals surface area contributed by atoms with Crippen molar-refractivity contribution in [2.45, 2.75) is 50.5 Å². The molecule has 0 saturated carbocycles. The van der Waals surface area contributed by atoms with E-state index in [0.29, 0.717) is 24.4 Å². The molecule has 1 aliphatic rings. The minimum Gasteiger partial charge on any atom is -0.497 e. The maximum Gasteiger partial charge on any atom is 0.122 e. The second-order valence-electron chi connectivity index (χ2n) is 8.51. The predicted molar refractivity (Wildman–Crippen MR) is 128 cm³/mol. The van der Waals surface area contributed by atoms with Crippen molar-refractivity contribution in [3.8, 4) is 11.8 Å². The smallest absolute Gasteiger partial charge is 0.122 e. The van der Waals surface area contributed by atoms with E-state index in [1.54, 1.807) is 19.2 Å². The summed E-state index contributed by atoms with van der Waals surface area (Å²) in [5.74, 6) is 0.916. The molecule has 0 bridgehead atoms. The molecule has 0 radical (unpaired) electrons. The van der Waals surface area contributed by atoms with Gasteiger partial charge in [-0.3, -0.25) is 4.90 Å². The summed E-state index contributed by atoms with van der Waals surface area (Å²) in [6.07, 6.45) is 3.17. The lowest BCUT2D eigenvalue weighted by Crippen LogP contribution is -2.62. The summed E-state index contributed by atoms with van der Waals surface area (Å²) in [5.41, 5.74) is 2.33. The van der Waals surface area contributed by atoms with Gasteiger partial charge in [-0.2, -0.15) is 5.26 Å². The molecule has 5 N–H and O–H groups in total. The zero-order chi connectivity index (χ0) is 24.4. The Hall–Kier alpha value is -2.41. The topological polar surface area (TPSA) is 129 Å². The lowest BCUT2D eigenvalue weighted by Gasteiger charge is -2.43. The van der Waals surface area contributed by atoms with Crippen LogP contribution >= 0.6 is 0 Å². The fourth-order valence-electron chi connectivity index (χ4n) is 4.01. The van der Waals surface area contributed by atoms with Crippen LogP contribution in [0.3, 0.4) is 0 Å². The Labute approximate surface area is 196 Å². The van der Waals surface area contributed by atoms with Crippen molar-refractivity contribution in [1.29, 1.82) is 5.26 Å². The van der Waals surface area contributed by atoms with Gasteiger partial charge in [-0.15, -0.1) is 0 Å². The molecule has 8 heteroatoms. The molecule has 182 valence electrons. The molecule has 5 atom stereocenters. The normalized spacial score (nSPS) is 24.4. The monoisotopic (exact) mass is 459 g/mol. The Morgan fingerprint density at radius 2 is 2.09 bits per heavy atom. The first-order valence-corrected chi connectivity index (χ1v) is 11.4. The number of β-amino-alcohol motifs (C(OH)–C–C–N with tert-alkyl or cyclic N) is 1. The van der Waals surface area contributed by atoms with E-state index in [2.05, 4.69) is 31.0 Å². The molecule has 1 aliphatic heterocycles. The van der Waals surface area contributed by atoms with Gasteiger partial charge in [0.25, 0.3) is 0 Å². The van der Waals surface area contributed by atoms with Crippen LogP contribution in [0.1, 0.15) is 31.7 Å². The van der Waals surface area contributed by atoms with Gasteiger partial charge in [0, 0.05) is 24.8 Å². The predicted octanol–water partition coefficient (Wildman–Crippen LogP) is 1.66. The van der Waals surface area contributed by atoms with Gasteiger partial charge in [0.1, 0.15) is 18.0 Å². The van der Waals surface area contributed by atoms with Crippen molar-refractivity contribution >= 4 is 5.69 Å². The molecule has 1 aromatic carbocycles. The Bertz CT molecular complexity index is 838. The summed E-state index contributed by atoms with van der Waals surface area (Å²) in [5, 5.41) is 52.0. The number of aliphatic hydroxyl groups is 4. The fraction of sp³-hybridized carbons (Fsp3) is 0.560. The molecule has 0 aliphatic carbocycles. The highest BCUT2D eigenvalue weighted by Gasteiger charge is 2.40. The summed E-state index contributed by atoms with van der Waals surface area (Å²) in [4.78, 5) is 1.85. The second-order valence-corrected chi connectivity index (χ2v) is 8.51. The molecular weight excluding hydrogens is 422 g/mol. The molecule has 2 rings (SSSR count). The molecule has 1 heterocycles. The minimum atomic E-state index is -1.24. The van der Waals surface area contributed by atoms with Crippen LogP contribution < -0.4 is 10.1 Å². The molecule has 0 spiro atoms. The molecule has 1 saturated heterocycles. The summed E-state index contributed by atoms with van der Waals surface area (Å²) in [6.45, 7) is 7.44. The van der Waals surface area contributed by atoms with E-state index in [1.807, 2.05) is 17.0 Å². The number of ether oxygens (including phenoxy) is 1. The summed E-state index contributed by atoms with van der Waals surface area (Å²) >= 11 is 0. The van der Waals surface area contributed by atoms with Gasteiger partial charge in [0.15, 0.2) is 0 Å². The number of benzene rings is 1. The van der Waals surface area contributed by atoms with E-state index in [4.69, 9.17) is 10.00 Å². The van der Waals surface area contributed by atoms with E-state index in [-0.39, 0.29) is 19.1 Å². The second kappa shape index (κ2) is 13.3. The summed E-state index contributed by atoms with van der Waals surface area (Å²) in [6, 6.07) is 6.86. The molecule has 0 aromatic heterocycles. The number of allylic oxidation sites excluding steroid dienone is 2. The van der Waals surface area contributed by atoms with Gasteiger partial charge >= 0.3 is 0 Å². The number of nitrogens with one attached hydrogen (secondary N) is 1. The molecule has 8 nitrogen and oxygen atoms in total. The fourth-order valence-corrected chi connectivity index (χ4v) is 4.01. The number of nitrogens with zero attached hydrogens (tertiary/aromatic N) is 2. The van der Waals surface area contributed by atoms with Crippen LogP contribution in [0, 0.1) is 17.2 Å². The molecule has 1 unspecified atom stereocenters. The number of hydrogen-bond donors (Lipinski definition) is 5. The molecule has 0 amide bonds. The number of aliphatic hydroxyl groups excluding tert-OH is 4. The van der Waals surface area contributed by atoms with Gasteiger partial charge in [0.05, 0.1) is 37.5 Å². The average molecular weight is 460 g/mol. The highest BCUT2D eigenvalue weighted by molar-refractivity contribution is 5.54. The first-order valence-electron chi connectivity index (χ1n) is 11.4. The van der Waals surface area contributed by atoms with Gasteiger partial charge in [-0.1, -0.05) is 31.2 Å². The highest BCUT2D eigenvalue weighted by atomic mass is 16.5. The van der Waals surface area contributed by atoms with Crippen LogP contribution in [0.15, 0.2) is 42.5 Å². The number of anilines is 1. The van der Waals surface area contributed by atoms with Gasteiger partial charge < -0.3 is 30.5 Å². The summed E-state index contributed by atoms with van der Waals surface area (Å²) in [7, 11) is 1.57. The van der Waals surface area contributed by atoms with Gasteiger partial charge in [-0.25, -0.2) is 0 Å². The Balaban J connectivity index is 1.82. The maximum atomic E-state index is 10.1. The number of likely N-dealkylation sites (tertiary alicyclic amines) is 1. The van der Waals surface area contributed by atoms with Crippen LogP contribution in [-0.2, 0) is 0 Å². The van der Waals surface area contributed by atoms with E-state index in [0.717, 1.165) is 30.5 Å². The zero-order valence-electron chi connectivity index (χ0n) is 19.5. The number of hydrogen-bond acceptors (Lipinski definition) is 8. The van der Waals surface area contributed by atoms with E-state index in [1.165, 1.54) is 0 Å². The number of rotatable bonds is 12. The van der Waals surface area contributed by atoms with Crippen LogP contribution in [0.4, 0.5) is 5.69 Å². The van der Waals surface area contributed by atoms with E-state index in [9.17, 15) is 20.4 Å². The van der Waals surface area contributed by atoms with E-state index >= 15 is 0 Å². The maximum absolute atomic E-state index is 10.1. The molecule has 1 aromatic rings. The van der Waals surface area contributed by atoms with Gasteiger partial charge in [-0.05, 0) is 43.9 Å². The zero-order valence-corrected chi connectivity index (χ0v) is 19.5. The van der Waals surface area contributed by atoms with Crippen molar-refractivity contribution < 1.29 is 25.2 Å². The third-order valence-electron chi connectivity index (χ3n) is 6.18. The third kappa shape index (κ3) is 7.84. The highest BCUT2D eigenvalue weighted by Crippen LogP contribution is 2.22. The molecule has 1 fully saturated rings. The SMILES string of the molecule is C=C(/C=C\C(CC)CCN1C[C@H](O)[C@@H](O)[C@H](O)[C@H]1CO)CCNc1cc(C#N)cc(OC)c1. The summed E-state index contributed by atoms with van der Waals surface area (Å²) < 4.78 is 5.22. The van der Waals surface area contributed by atoms with Crippen molar-refractivity contribution in [2.24, 2.45) is 5.92 Å². The molecular formula is C25H37N3O5. The third-order valence-corrected chi connectivity index (χ3v) is 6.18. The lowest BCUT2D eigenvalue weighted by atomic mass is 9.92. The Morgan fingerprint density at radius 3 is 2.73 bits per heavy atom. The molecule has 33 heavy (non-hydrogen) atoms. The quantitative estimate of drug-likeness (QED) is 0.299. The average Bonchev–Trinajstić information content (AvgIpc) is 2.82. The van der Waals surface area contributed by atoms with Crippen molar-refractivity contribution in [3.05, 3.63) is 48.1 Å². The first-order chi connectivity index (χ1) is 15.8. The number of piperidine rings is 1. The van der Waals surface area contributed by atoms with Gasteiger partial charge in [0.2, 0.25) is 0 Å². The number of nitriles is 1.